The van der Waals surface area contributed by atoms with Crippen LogP contribution >= 0.6 is 0 Å². The fourth-order valence-electron chi connectivity index (χ4n) is 3.44. The van der Waals surface area contributed by atoms with Gasteiger partial charge in [-0.25, -0.2) is 4.79 Å². The van der Waals surface area contributed by atoms with Crippen molar-refractivity contribution in [3.05, 3.63) is 17.0 Å². The Morgan fingerprint density at radius 2 is 2.09 bits per heavy atom. The predicted molar refractivity (Wildman–Crippen MR) is 90.4 cm³/mol. The number of aliphatic hydroxyl groups excluding tert-OH is 1. The summed E-state index contributed by atoms with van der Waals surface area (Å²) in [6, 6.07) is -0.0676. The number of hydrogen-bond acceptors (Lipinski definition) is 3. The monoisotopic (exact) mass is 322 g/mol. The molecule has 0 spiro atoms. The maximum Gasteiger partial charge on any atom is 0.317 e. The van der Waals surface area contributed by atoms with Crippen LogP contribution in [0.5, 0.6) is 0 Å². The minimum absolute atomic E-state index is 0.0676. The van der Waals surface area contributed by atoms with E-state index in [0.29, 0.717) is 13.1 Å². The van der Waals surface area contributed by atoms with Gasteiger partial charge in [0.15, 0.2) is 0 Å². The van der Waals surface area contributed by atoms with Gasteiger partial charge in [0.25, 0.3) is 0 Å². The Hall–Kier alpha value is -1.56. The largest absolute Gasteiger partial charge is 0.393 e. The van der Waals surface area contributed by atoms with Crippen molar-refractivity contribution in [1.82, 2.24) is 20.0 Å². The smallest absolute Gasteiger partial charge is 0.317 e. The van der Waals surface area contributed by atoms with E-state index >= 15 is 0 Å². The van der Waals surface area contributed by atoms with Crippen molar-refractivity contribution >= 4 is 6.03 Å². The minimum Gasteiger partial charge on any atom is -0.393 e. The third-order valence-electron chi connectivity index (χ3n) is 5.03. The average molecular weight is 322 g/mol. The van der Waals surface area contributed by atoms with Crippen molar-refractivity contribution in [2.24, 2.45) is 13.0 Å². The van der Waals surface area contributed by atoms with Crippen LogP contribution in [-0.2, 0) is 13.5 Å². The summed E-state index contributed by atoms with van der Waals surface area (Å²) in [5.41, 5.74) is 3.38. The fraction of sp³-hybridized carbons (Fsp3) is 0.765. The highest BCUT2D eigenvalue weighted by Gasteiger charge is 2.25. The normalized spacial score (nSPS) is 21.3. The third kappa shape index (κ3) is 4.47. The summed E-state index contributed by atoms with van der Waals surface area (Å²) in [4.78, 5) is 13.9. The second-order valence-electron chi connectivity index (χ2n) is 6.75. The molecule has 1 aliphatic rings. The molecular formula is C17H30N4O2. The number of carbonyl (C=O) groups excluding carboxylic acids is 1. The van der Waals surface area contributed by atoms with Crippen LogP contribution in [0, 0.1) is 19.8 Å². The highest BCUT2D eigenvalue weighted by atomic mass is 16.3. The zero-order chi connectivity index (χ0) is 17.0. The molecule has 2 unspecified atom stereocenters. The number of nitrogens with one attached hydrogen (secondary N) is 1. The molecule has 1 fully saturated rings. The van der Waals surface area contributed by atoms with Gasteiger partial charge in [-0.05, 0) is 38.7 Å². The Bertz CT molecular complexity index is 541. The lowest BCUT2D eigenvalue weighted by molar-refractivity contribution is 0.0565. The summed E-state index contributed by atoms with van der Waals surface area (Å²) in [7, 11) is 3.74. The van der Waals surface area contributed by atoms with Crippen LogP contribution in [0.4, 0.5) is 4.79 Å². The Labute approximate surface area is 138 Å². The van der Waals surface area contributed by atoms with Crippen molar-refractivity contribution in [1.29, 1.82) is 0 Å². The molecule has 2 N–H and O–H groups in total. The van der Waals surface area contributed by atoms with Crippen LogP contribution in [0.25, 0.3) is 0 Å². The number of hydrogen-bond donors (Lipinski definition) is 2. The maximum absolute atomic E-state index is 12.2. The summed E-state index contributed by atoms with van der Waals surface area (Å²) in [6.45, 7) is 5.27. The number of aromatic nitrogens is 2. The van der Waals surface area contributed by atoms with Crippen molar-refractivity contribution in [3.63, 3.8) is 0 Å². The lowest BCUT2D eigenvalue weighted by Crippen LogP contribution is -2.43. The van der Waals surface area contributed by atoms with Crippen LogP contribution in [0.1, 0.15) is 42.6 Å². The molecule has 0 aromatic carbocycles. The van der Waals surface area contributed by atoms with Gasteiger partial charge in [0.1, 0.15) is 0 Å². The van der Waals surface area contributed by atoms with E-state index < -0.39 is 0 Å². The Morgan fingerprint density at radius 1 is 1.39 bits per heavy atom. The van der Waals surface area contributed by atoms with Gasteiger partial charge in [0.05, 0.1) is 11.8 Å². The quantitative estimate of drug-likeness (QED) is 0.868. The highest BCUT2D eigenvalue weighted by molar-refractivity contribution is 5.73. The standard InChI is InChI=1S/C17H30N4O2/c1-12-15(13(2)21(4)19-12)9-10-18-17(23)20(3)11-14-7-5-6-8-16(14)22/h14,16,22H,5-11H2,1-4H3,(H,18,23). The molecule has 1 aromatic heterocycles. The molecule has 130 valence electrons. The molecule has 0 radical (unpaired) electrons. The molecule has 23 heavy (non-hydrogen) atoms. The summed E-state index contributed by atoms with van der Waals surface area (Å²) in [5, 5.41) is 17.4. The first kappa shape index (κ1) is 17.8. The number of rotatable bonds is 5. The molecule has 0 saturated heterocycles. The second-order valence-corrected chi connectivity index (χ2v) is 6.75. The van der Waals surface area contributed by atoms with Gasteiger partial charge >= 0.3 is 6.03 Å². The molecule has 2 rings (SSSR count). The summed E-state index contributed by atoms with van der Waals surface area (Å²) < 4.78 is 1.88. The zero-order valence-electron chi connectivity index (χ0n) is 14.8. The molecule has 2 amide bonds. The van der Waals surface area contributed by atoms with Crippen LogP contribution in [0.15, 0.2) is 0 Å². The third-order valence-corrected chi connectivity index (χ3v) is 5.03. The highest BCUT2D eigenvalue weighted by Crippen LogP contribution is 2.24. The molecular weight excluding hydrogens is 292 g/mol. The van der Waals surface area contributed by atoms with E-state index in [1.165, 1.54) is 5.56 Å². The Kier molecular flexibility index (Phi) is 6.04. The SMILES string of the molecule is Cc1nn(C)c(C)c1CCNC(=O)N(C)CC1CCCCC1O. The van der Waals surface area contributed by atoms with Crippen molar-refractivity contribution in [3.8, 4) is 0 Å². The van der Waals surface area contributed by atoms with Gasteiger partial charge in [-0.15, -0.1) is 0 Å². The van der Waals surface area contributed by atoms with Crippen molar-refractivity contribution in [2.75, 3.05) is 20.1 Å². The average Bonchev–Trinajstić information content (AvgIpc) is 2.75. The van der Waals surface area contributed by atoms with E-state index in [0.717, 1.165) is 43.5 Å². The number of aryl methyl sites for hydroxylation is 2. The van der Waals surface area contributed by atoms with Gasteiger partial charge in [0, 0.05) is 38.8 Å². The molecule has 1 heterocycles. The topological polar surface area (TPSA) is 70.4 Å². The Morgan fingerprint density at radius 3 is 2.70 bits per heavy atom. The van der Waals surface area contributed by atoms with E-state index in [-0.39, 0.29) is 18.1 Å². The van der Waals surface area contributed by atoms with Gasteiger partial charge in [0.2, 0.25) is 0 Å². The molecule has 0 bridgehead atoms. The van der Waals surface area contributed by atoms with E-state index in [2.05, 4.69) is 10.4 Å². The molecule has 6 nitrogen and oxygen atoms in total. The van der Waals surface area contributed by atoms with Gasteiger partial charge in [-0.2, -0.15) is 5.10 Å². The maximum atomic E-state index is 12.2. The van der Waals surface area contributed by atoms with Crippen LogP contribution in [-0.4, -0.2) is 52.1 Å². The molecule has 1 aromatic rings. The molecule has 2 atom stereocenters. The molecule has 1 saturated carbocycles. The van der Waals surface area contributed by atoms with Crippen molar-refractivity contribution in [2.45, 2.75) is 52.1 Å². The predicted octanol–water partition coefficient (Wildman–Crippen LogP) is 1.77. The number of carbonyl (C=O) groups is 1. The lowest BCUT2D eigenvalue weighted by Gasteiger charge is -2.31. The van der Waals surface area contributed by atoms with Crippen LogP contribution in [0.3, 0.4) is 0 Å². The summed E-state index contributed by atoms with van der Waals surface area (Å²) in [5.74, 6) is 0.210. The number of nitrogens with zero attached hydrogens (tertiary/aromatic N) is 3. The summed E-state index contributed by atoms with van der Waals surface area (Å²) >= 11 is 0. The summed E-state index contributed by atoms with van der Waals surface area (Å²) in [6.07, 6.45) is 4.64. The molecule has 6 heteroatoms. The van der Waals surface area contributed by atoms with Crippen LogP contribution < -0.4 is 5.32 Å². The van der Waals surface area contributed by atoms with Gasteiger partial charge in [-0.1, -0.05) is 12.8 Å². The number of urea groups is 1. The number of aliphatic hydroxyl groups is 1. The molecule has 0 aliphatic heterocycles. The van der Waals surface area contributed by atoms with Crippen molar-refractivity contribution < 1.29 is 9.90 Å². The number of amides is 2. The van der Waals surface area contributed by atoms with Gasteiger partial charge < -0.3 is 15.3 Å². The molecule has 1 aliphatic carbocycles. The van der Waals surface area contributed by atoms with E-state index in [1.807, 2.05) is 25.6 Å². The van der Waals surface area contributed by atoms with Gasteiger partial charge in [-0.3, -0.25) is 4.68 Å². The first-order valence-electron chi connectivity index (χ1n) is 8.56. The van der Waals surface area contributed by atoms with Crippen LogP contribution in [0.2, 0.25) is 0 Å². The van der Waals surface area contributed by atoms with E-state index in [1.54, 1.807) is 11.9 Å². The zero-order valence-corrected chi connectivity index (χ0v) is 14.8. The fourth-order valence-corrected chi connectivity index (χ4v) is 3.44. The minimum atomic E-state index is -0.264. The first-order chi connectivity index (χ1) is 10.9. The van der Waals surface area contributed by atoms with E-state index in [4.69, 9.17) is 0 Å². The first-order valence-corrected chi connectivity index (χ1v) is 8.56. The Balaban J connectivity index is 1.77. The second kappa shape index (κ2) is 7.81. The lowest BCUT2D eigenvalue weighted by atomic mass is 9.86. The van der Waals surface area contributed by atoms with E-state index in [9.17, 15) is 9.90 Å².